The first kappa shape index (κ1) is 12.9. The van der Waals surface area contributed by atoms with Gasteiger partial charge in [0, 0.05) is 19.3 Å². The molecule has 2 N–H and O–H groups in total. The molecular formula is C15H18N4O. The average Bonchev–Trinajstić information content (AvgIpc) is 2.83. The van der Waals surface area contributed by atoms with E-state index in [-0.39, 0.29) is 6.04 Å². The molecule has 0 amide bonds. The zero-order valence-electron chi connectivity index (χ0n) is 11.5. The number of hydrogen-bond donors (Lipinski definition) is 1. The van der Waals surface area contributed by atoms with Crippen LogP contribution in [-0.4, -0.2) is 22.8 Å². The lowest BCUT2D eigenvalue weighted by Crippen LogP contribution is -2.24. The topological polar surface area (TPSA) is 76.9 Å². The van der Waals surface area contributed by atoms with Crippen molar-refractivity contribution in [2.45, 2.75) is 25.8 Å². The molecule has 20 heavy (non-hydrogen) atoms. The third kappa shape index (κ3) is 2.02. The molecule has 0 radical (unpaired) electrons. The van der Waals surface area contributed by atoms with Gasteiger partial charge in [0.15, 0.2) is 0 Å². The molecule has 0 bridgehead atoms. The Balaban J connectivity index is 2.07. The molecule has 2 aromatic rings. The number of nitrogen functional groups attached to an aromatic ring is 1. The molecule has 2 heterocycles. The third-order valence-corrected chi connectivity index (χ3v) is 4.22. The first-order chi connectivity index (χ1) is 9.72. The maximum Gasteiger partial charge on any atom is 0.201 e. The minimum atomic E-state index is 0.262. The van der Waals surface area contributed by atoms with E-state index < -0.39 is 0 Å². The number of benzene rings is 1. The molecule has 1 unspecified atom stereocenters. The predicted molar refractivity (Wildman–Crippen MR) is 77.1 cm³/mol. The van der Waals surface area contributed by atoms with Crippen molar-refractivity contribution in [2.24, 2.45) is 5.92 Å². The van der Waals surface area contributed by atoms with E-state index in [1.807, 2.05) is 12.1 Å². The van der Waals surface area contributed by atoms with E-state index in [4.69, 9.17) is 15.7 Å². The van der Waals surface area contributed by atoms with Crippen molar-refractivity contribution in [3.63, 3.8) is 0 Å². The minimum Gasteiger partial charge on any atom is -0.381 e. The molecule has 1 aliphatic rings. The van der Waals surface area contributed by atoms with Crippen LogP contribution in [-0.2, 0) is 4.74 Å². The summed E-state index contributed by atoms with van der Waals surface area (Å²) in [5.74, 6) is 1.02. The van der Waals surface area contributed by atoms with Crippen molar-refractivity contribution in [3.8, 4) is 6.07 Å². The molecule has 1 saturated heterocycles. The Bertz CT molecular complexity index is 664. The van der Waals surface area contributed by atoms with Crippen LogP contribution in [0.2, 0.25) is 0 Å². The van der Waals surface area contributed by atoms with Gasteiger partial charge in [-0.1, -0.05) is 6.07 Å². The molecule has 0 spiro atoms. The lowest BCUT2D eigenvalue weighted by atomic mass is 9.92. The lowest BCUT2D eigenvalue weighted by molar-refractivity contribution is 0.0521. The van der Waals surface area contributed by atoms with Gasteiger partial charge in [0.2, 0.25) is 5.95 Å². The molecule has 1 atom stereocenters. The number of ether oxygens (including phenoxy) is 1. The summed E-state index contributed by atoms with van der Waals surface area (Å²) in [4.78, 5) is 4.39. The Morgan fingerprint density at radius 3 is 2.90 bits per heavy atom. The summed E-state index contributed by atoms with van der Waals surface area (Å²) in [7, 11) is 0. The highest BCUT2D eigenvalue weighted by Gasteiger charge is 2.25. The second-order valence-corrected chi connectivity index (χ2v) is 5.32. The van der Waals surface area contributed by atoms with E-state index in [2.05, 4.69) is 22.5 Å². The standard InChI is InChI=1S/C15H18N4O/c1-10(11-5-7-20-8-6-11)19-13-4-2-3-12(9-16)14(13)18-15(19)17/h2-4,10-11H,5-8H2,1H3,(H2,17,18). The Hall–Kier alpha value is -2.06. The summed E-state index contributed by atoms with van der Waals surface area (Å²) in [6, 6.07) is 8.08. The molecule has 5 nitrogen and oxygen atoms in total. The molecule has 0 aliphatic carbocycles. The van der Waals surface area contributed by atoms with Gasteiger partial charge in [0.05, 0.1) is 11.1 Å². The number of para-hydroxylation sites is 1. The van der Waals surface area contributed by atoms with Gasteiger partial charge < -0.3 is 15.0 Å². The van der Waals surface area contributed by atoms with Crippen molar-refractivity contribution >= 4 is 17.0 Å². The van der Waals surface area contributed by atoms with E-state index in [0.29, 0.717) is 22.9 Å². The van der Waals surface area contributed by atoms with Crippen LogP contribution in [0.4, 0.5) is 5.95 Å². The molecule has 0 saturated carbocycles. The second-order valence-electron chi connectivity index (χ2n) is 5.32. The Morgan fingerprint density at radius 2 is 2.20 bits per heavy atom. The van der Waals surface area contributed by atoms with E-state index in [1.54, 1.807) is 6.07 Å². The lowest BCUT2D eigenvalue weighted by Gasteiger charge is -2.29. The highest BCUT2D eigenvalue weighted by atomic mass is 16.5. The summed E-state index contributed by atoms with van der Waals surface area (Å²) < 4.78 is 7.48. The fourth-order valence-electron chi connectivity index (χ4n) is 3.06. The van der Waals surface area contributed by atoms with Crippen LogP contribution in [0.15, 0.2) is 18.2 Å². The van der Waals surface area contributed by atoms with Gasteiger partial charge in [0.25, 0.3) is 0 Å². The van der Waals surface area contributed by atoms with Crippen LogP contribution in [0.3, 0.4) is 0 Å². The molecule has 5 heteroatoms. The second kappa shape index (κ2) is 5.14. The van der Waals surface area contributed by atoms with Gasteiger partial charge in [-0.3, -0.25) is 0 Å². The number of rotatable bonds is 2. The quantitative estimate of drug-likeness (QED) is 0.909. The molecule has 1 aromatic carbocycles. The summed E-state index contributed by atoms with van der Waals surface area (Å²) >= 11 is 0. The number of anilines is 1. The zero-order valence-corrected chi connectivity index (χ0v) is 11.5. The summed E-state index contributed by atoms with van der Waals surface area (Å²) in [5.41, 5.74) is 8.32. The fourth-order valence-corrected chi connectivity index (χ4v) is 3.06. The van der Waals surface area contributed by atoms with Gasteiger partial charge in [0.1, 0.15) is 11.6 Å². The average molecular weight is 270 g/mol. The normalized spacial score (nSPS) is 18.0. The van der Waals surface area contributed by atoms with Crippen LogP contribution in [0.1, 0.15) is 31.4 Å². The van der Waals surface area contributed by atoms with Crippen molar-refractivity contribution in [1.82, 2.24) is 9.55 Å². The number of imidazole rings is 1. The van der Waals surface area contributed by atoms with Crippen LogP contribution < -0.4 is 5.73 Å². The fraction of sp³-hybridized carbons (Fsp3) is 0.467. The predicted octanol–water partition coefficient (Wildman–Crippen LogP) is 2.48. The number of nitrogens with zero attached hydrogens (tertiary/aromatic N) is 3. The van der Waals surface area contributed by atoms with E-state index >= 15 is 0 Å². The summed E-state index contributed by atoms with van der Waals surface area (Å²) in [6.45, 7) is 3.79. The first-order valence-electron chi connectivity index (χ1n) is 6.96. The van der Waals surface area contributed by atoms with Gasteiger partial charge in [-0.25, -0.2) is 4.98 Å². The molecule has 1 fully saturated rings. The van der Waals surface area contributed by atoms with E-state index in [9.17, 15) is 0 Å². The largest absolute Gasteiger partial charge is 0.381 e. The highest BCUT2D eigenvalue weighted by molar-refractivity contribution is 5.84. The van der Waals surface area contributed by atoms with E-state index in [0.717, 1.165) is 31.6 Å². The van der Waals surface area contributed by atoms with Gasteiger partial charge in [-0.05, 0) is 37.8 Å². The van der Waals surface area contributed by atoms with Crippen molar-refractivity contribution in [2.75, 3.05) is 18.9 Å². The minimum absolute atomic E-state index is 0.262. The Morgan fingerprint density at radius 1 is 1.45 bits per heavy atom. The van der Waals surface area contributed by atoms with Crippen LogP contribution in [0, 0.1) is 17.2 Å². The van der Waals surface area contributed by atoms with Crippen molar-refractivity contribution in [1.29, 1.82) is 5.26 Å². The van der Waals surface area contributed by atoms with E-state index in [1.165, 1.54) is 0 Å². The molecule has 1 aliphatic heterocycles. The van der Waals surface area contributed by atoms with Gasteiger partial charge in [-0.15, -0.1) is 0 Å². The number of hydrogen-bond acceptors (Lipinski definition) is 4. The number of nitriles is 1. The Labute approximate surface area is 118 Å². The highest BCUT2D eigenvalue weighted by Crippen LogP contribution is 2.33. The first-order valence-corrected chi connectivity index (χ1v) is 6.96. The van der Waals surface area contributed by atoms with Crippen molar-refractivity contribution < 1.29 is 4.74 Å². The molecule has 1 aromatic heterocycles. The summed E-state index contributed by atoms with van der Waals surface area (Å²) in [6.07, 6.45) is 2.08. The number of aromatic nitrogens is 2. The molecule has 3 rings (SSSR count). The van der Waals surface area contributed by atoms with Crippen molar-refractivity contribution in [3.05, 3.63) is 23.8 Å². The van der Waals surface area contributed by atoms with Crippen LogP contribution in [0.25, 0.3) is 11.0 Å². The number of fused-ring (bicyclic) bond motifs is 1. The van der Waals surface area contributed by atoms with Crippen LogP contribution in [0.5, 0.6) is 0 Å². The zero-order chi connectivity index (χ0) is 14.1. The maximum atomic E-state index is 9.17. The molecular weight excluding hydrogens is 252 g/mol. The molecule has 104 valence electrons. The monoisotopic (exact) mass is 270 g/mol. The smallest absolute Gasteiger partial charge is 0.201 e. The Kier molecular flexibility index (Phi) is 3.33. The number of nitrogens with two attached hydrogens (primary N) is 1. The van der Waals surface area contributed by atoms with Crippen LogP contribution >= 0.6 is 0 Å². The maximum absolute atomic E-state index is 9.17. The summed E-state index contributed by atoms with van der Waals surface area (Å²) in [5, 5.41) is 9.17. The SMILES string of the molecule is CC(C1CCOCC1)n1c(N)nc2c(C#N)cccc21. The van der Waals surface area contributed by atoms with Gasteiger partial charge >= 0.3 is 0 Å². The third-order valence-electron chi connectivity index (χ3n) is 4.22. The van der Waals surface area contributed by atoms with Gasteiger partial charge in [-0.2, -0.15) is 5.26 Å².